The third-order valence-electron chi connectivity index (χ3n) is 5.98. The summed E-state index contributed by atoms with van der Waals surface area (Å²) in [5.74, 6) is 2.41. The van der Waals surface area contributed by atoms with Crippen molar-refractivity contribution in [1.82, 2.24) is 14.7 Å². The second kappa shape index (κ2) is 11.6. The molecular formula is C27H34N4O3. The maximum Gasteiger partial charge on any atom is 0.128 e. The molecule has 4 rings (SSSR count). The van der Waals surface area contributed by atoms with Gasteiger partial charge in [-0.25, -0.2) is 0 Å². The van der Waals surface area contributed by atoms with Crippen molar-refractivity contribution in [3.8, 4) is 28.5 Å². The minimum absolute atomic E-state index is 0.349. The first-order valence-corrected chi connectivity index (χ1v) is 11.8. The minimum Gasteiger partial charge on any atom is -0.497 e. The van der Waals surface area contributed by atoms with Crippen LogP contribution in [-0.2, 0) is 7.05 Å². The fourth-order valence-corrected chi connectivity index (χ4v) is 4.12. The van der Waals surface area contributed by atoms with Gasteiger partial charge in [-0.1, -0.05) is 13.0 Å². The van der Waals surface area contributed by atoms with E-state index >= 15 is 0 Å². The zero-order valence-electron chi connectivity index (χ0n) is 20.1. The molecule has 1 aromatic heterocycles. The highest BCUT2D eigenvalue weighted by Crippen LogP contribution is 2.33. The molecule has 0 unspecified atom stereocenters. The molecule has 1 N–H and O–H groups in total. The van der Waals surface area contributed by atoms with Gasteiger partial charge in [0.2, 0.25) is 0 Å². The Balaban J connectivity index is 1.39. The number of methoxy groups -OCH3 is 1. The zero-order chi connectivity index (χ0) is 23.8. The van der Waals surface area contributed by atoms with E-state index in [1.165, 1.54) is 32.4 Å². The average molecular weight is 463 g/mol. The number of benzene rings is 2. The maximum atomic E-state index is 6.23. The first-order chi connectivity index (χ1) is 16.6. The number of ether oxygens (including phenoxy) is 3. The van der Waals surface area contributed by atoms with E-state index < -0.39 is 0 Å². The molecule has 3 aromatic rings. The van der Waals surface area contributed by atoms with Crippen molar-refractivity contribution < 1.29 is 14.2 Å². The molecule has 1 fully saturated rings. The number of nitrogens with one attached hydrogen (secondary N) is 1. The molecule has 7 heteroatoms. The standard InChI is InChI=1S/C27H34N4O3/c1-21(20-34-24-10-8-23(32-3)9-11-24)29-22-7-12-27(25(19-22)26-13-14-28-30(26)2)33-18-17-31-15-5-4-6-16-31/h7-14,19,29H,1,4-6,15-18,20H2,2-3H3. The van der Waals surface area contributed by atoms with Crippen LogP contribution in [0.3, 0.4) is 0 Å². The topological polar surface area (TPSA) is 60.8 Å². The summed E-state index contributed by atoms with van der Waals surface area (Å²) in [5.41, 5.74) is 3.66. The summed E-state index contributed by atoms with van der Waals surface area (Å²) in [6.45, 7) is 8.42. The Bertz CT molecular complexity index is 1070. The van der Waals surface area contributed by atoms with Gasteiger partial charge in [0.25, 0.3) is 0 Å². The molecule has 2 heterocycles. The second-order valence-electron chi connectivity index (χ2n) is 8.49. The molecule has 1 aliphatic heterocycles. The van der Waals surface area contributed by atoms with Crippen LogP contribution >= 0.6 is 0 Å². The number of rotatable bonds is 11. The number of aromatic nitrogens is 2. The van der Waals surface area contributed by atoms with Crippen LogP contribution in [0.2, 0.25) is 0 Å². The SMILES string of the molecule is C=C(COc1ccc(OC)cc1)Nc1ccc(OCCN2CCCCC2)c(-c2ccnn2C)c1. The fourth-order valence-electron chi connectivity index (χ4n) is 4.12. The van der Waals surface area contributed by atoms with Crippen LogP contribution in [0.1, 0.15) is 19.3 Å². The number of aryl methyl sites for hydroxylation is 1. The number of hydrogen-bond donors (Lipinski definition) is 1. The van der Waals surface area contributed by atoms with Crippen molar-refractivity contribution in [2.24, 2.45) is 7.05 Å². The summed E-state index contributed by atoms with van der Waals surface area (Å²) in [7, 11) is 3.58. The Kier molecular flexibility index (Phi) is 8.09. The van der Waals surface area contributed by atoms with Gasteiger partial charge in [-0.15, -0.1) is 0 Å². The summed E-state index contributed by atoms with van der Waals surface area (Å²) >= 11 is 0. The van der Waals surface area contributed by atoms with Crippen molar-refractivity contribution in [2.75, 3.05) is 45.3 Å². The normalized spacial score (nSPS) is 13.9. The van der Waals surface area contributed by atoms with Gasteiger partial charge >= 0.3 is 0 Å². The molecule has 2 aromatic carbocycles. The molecule has 7 nitrogen and oxygen atoms in total. The Morgan fingerprint density at radius 3 is 2.47 bits per heavy atom. The molecule has 34 heavy (non-hydrogen) atoms. The molecular weight excluding hydrogens is 428 g/mol. The zero-order valence-corrected chi connectivity index (χ0v) is 20.1. The first kappa shape index (κ1) is 23.7. The predicted octanol–water partition coefficient (Wildman–Crippen LogP) is 4.97. The van der Waals surface area contributed by atoms with Crippen LogP contribution in [-0.4, -0.2) is 54.6 Å². The van der Waals surface area contributed by atoms with E-state index in [9.17, 15) is 0 Å². The van der Waals surface area contributed by atoms with Gasteiger partial charge in [-0.2, -0.15) is 5.10 Å². The first-order valence-electron chi connectivity index (χ1n) is 11.8. The molecule has 180 valence electrons. The van der Waals surface area contributed by atoms with E-state index in [0.29, 0.717) is 13.2 Å². The minimum atomic E-state index is 0.349. The average Bonchev–Trinajstić information content (AvgIpc) is 3.30. The lowest BCUT2D eigenvalue weighted by Crippen LogP contribution is -2.33. The molecule has 1 aliphatic rings. The Labute approximate surface area is 201 Å². The van der Waals surface area contributed by atoms with Gasteiger partial charge in [-0.3, -0.25) is 9.58 Å². The molecule has 0 saturated carbocycles. The third-order valence-corrected chi connectivity index (χ3v) is 5.98. The number of anilines is 1. The van der Waals surface area contributed by atoms with Gasteiger partial charge in [-0.05, 0) is 74.5 Å². The van der Waals surface area contributed by atoms with Crippen LogP contribution in [0.25, 0.3) is 11.3 Å². The lowest BCUT2D eigenvalue weighted by molar-refractivity contribution is 0.183. The van der Waals surface area contributed by atoms with Gasteiger partial charge in [0.15, 0.2) is 0 Å². The van der Waals surface area contributed by atoms with E-state index in [4.69, 9.17) is 14.2 Å². The monoisotopic (exact) mass is 462 g/mol. The van der Waals surface area contributed by atoms with E-state index in [0.717, 1.165) is 46.4 Å². The fraction of sp³-hybridized carbons (Fsp3) is 0.370. The third kappa shape index (κ3) is 6.32. The van der Waals surface area contributed by atoms with Crippen LogP contribution in [0.15, 0.2) is 67.0 Å². The Morgan fingerprint density at radius 2 is 1.76 bits per heavy atom. The van der Waals surface area contributed by atoms with Gasteiger partial charge in [0.05, 0.1) is 12.8 Å². The van der Waals surface area contributed by atoms with Gasteiger partial charge in [0.1, 0.15) is 30.5 Å². The van der Waals surface area contributed by atoms with Crippen molar-refractivity contribution in [2.45, 2.75) is 19.3 Å². The van der Waals surface area contributed by atoms with E-state index in [2.05, 4.69) is 28.0 Å². The molecule has 0 radical (unpaired) electrons. The molecule has 1 saturated heterocycles. The van der Waals surface area contributed by atoms with E-state index in [1.807, 2.05) is 54.2 Å². The van der Waals surface area contributed by atoms with E-state index in [-0.39, 0.29) is 0 Å². The number of piperidine rings is 1. The highest BCUT2D eigenvalue weighted by molar-refractivity contribution is 5.72. The lowest BCUT2D eigenvalue weighted by atomic mass is 10.1. The summed E-state index contributed by atoms with van der Waals surface area (Å²) in [6.07, 6.45) is 5.71. The number of likely N-dealkylation sites (tertiary alicyclic amines) is 1. The highest BCUT2D eigenvalue weighted by Gasteiger charge is 2.14. The van der Waals surface area contributed by atoms with Crippen LogP contribution < -0.4 is 19.5 Å². The second-order valence-corrected chi connectivity index (χ2v) is 8.49. The van der Waals surface area contributed by atoms with Crippen molar-refractivity contribution >= 4 is 5.69 Å². The number of hydrogen-bond acceptors (Lipinski definition) is 6. The van der Waals surface area contributed by atoms with Gasteiger partial charge < -0.3 is 19.5 Å². The summed E-state index contributed by atoms with van der Waals surface area (Å²) in [4.78, 5) is 2.48. The van der Waals surface area contributed by atoms with Crippen LogP contribution in [0.5, 0.6) is 17.2 Å². The summed E-state index contributed by atoms with van der Waals surface area (Å²) in [6, 6.07) is 15.6. The van der Waals surface area contributed by atoms with Gasteiger partial charge in [0, 0.05) is 36.7 Å². The molecule has 0 amide bonds. The predicted molar refractivity (Wildman–Crippen MR) is 136 cm³/mol. The molecule has 0 bridgehead atoms. The van der Waals surface area contributed by atoms with Crippen molar-refractivity contribution in [3.63, 3.8) is 0 Å². The molecule has 0 spiro atoms. The smallest absolute Gasteiger partial charge is 0.128 e. The van der Waals surface area contributed by atoms with Crippen LogP contribution in [0, 0.1) is 0 Å². The Hall–Kier alpha value is -3.45. The van der Waals surface area contributed by atoms with Crippen molar-refractivity contribution in [3.05, 3.63) is 67.0 Å². The molecule has 0 atom stereocenters. The van der Waals surface area contributed by atoms with Crippen molar-refractivity contribution in [1.29, 1.82) is 0 Å². The Morgan fingerprint density at radius 1 is 1.00 bits per heavy atom. The van der Waals surface area contributed by atoms with E-state index in [1.54, 1.807) is 13.3 Å². The lowest BCUT2D eigenvalue weighted by Gasteiger charge is -2.26. The number of nitrogens with zero attached hydrogens (tertiary/aromatic N) is 3. The molecule has 0 aliphatic carbocycles. The summed E-state index contributed by atoms with van der Waals surface area (Å²) < 4.78 is 19.1. The van der Waals surface area contributed by atoms with Crippen LogP contribution in [0.4, 0.5) is 5.69 Å². The largest absolute Gasteiger partial charge is 0.497 e. The highest BCUT2D eigenvalue weighted by atomic mass is 16.5. The summed E-state index contributed by atoms with van der Waals surface area (Å²) in [5, 5.41) is 7.69. The quantitative estimate of drug-likeness (QED) is 0.434. The maximum absolute atomic E-state index is 6.23.